The monoisotopic (exact) mass is 305 g/mol. The van der Waals surface area contributed by atoms with E-state index in [0.717, 1.165) is 5.56 Å². The van der Waals surface area contributed by atoms with Gasteiger partial charge in [0.1, 0.15) is 5.75 Å². The Hall–Kier alpha value is -0.780. The lowest BCUT2D eigenvalue weighted by atomic mass is 9.99. The van der Waals surface area contributed by atoms with Crippen LogP contribution in [-0.2, 0) is 10.0 Å². The normalized spacial score (nSPS) is 13.6. The molecule has 0 aliphatic heterocycles. The predicted molar refractivity (Wildman–Crippen MR) is 78.0 cm³/mol. The van der Waals surface area contributed by atoms with Gasteiger partial charge in [-0.05, 0) is 36.6 Å². The number of benzene rings is 1. The summed E-state index contributed by atoms with van der Waals surface area (Å²) in [7, 11) is -3.49. The molecule has 0 heterocycles. The summed E-state index contributed by atoms with van der Waals surface area (Å²) in [6.07, 6.45) is 0. The van der Waals surface area contributed by atoms with E-state index in [9.17, 15) is 8.42 Å². The lowest BCUT2D eigenvalue weighted by molar-refractivity contribution is 0.223. The number of nitrogens with two attached hydrogens (primary N) is 1. The number of primary sulfonamides is 1. The van der Waals surface area contributed by atoms with Gasteiger partial charge in [0, 0.05) is 10.9 Å². The largest absolute Gasteiger partial charge is 0.493 e. The van der Waals surface area contributed by atoms with Gasteiger partial charge >= 0.3 is 0 Å². The molecule has 2 N–H and O–H groups in total. The zero-order chi connectivity index (χ0) is 14.6. The molecule has 0 aliphatic rings. The highest BCUT2D eigenvalue weighted by atomic mass is 35.5. The van der Waals surface area contributed by atoms with Crippen LogP contribution in [0.3, 0.4) is 0 Å². The van der Waals surface area contributed by atoms with E-state index in [-0.39, 0.29) is 17.6 Å². The van der Waals surface area contributed by atoms with E-state index in [1.807, 2.05) is 20.8 Å². The van der Waals surface area contributed by atoms with E-state index in [4.69, 9.17) is 21.5 Å². The summed E-state index contributed by atoms with van der Waals surface area (Å²) in [6.45, 7) is 6.11. The van der Waals surface area contributed by atoms with Crippen molar-refractivity contribution in [2.75, 3.05) is 12.4 Å². The summed E-state index contributed by atoms with van der Waals surface area (Å²) in [5.74, 6) is 0.678. The first kappa shape index (κ1) is 16.3. The molecule has 0 saturated carbocycles. The maximum atomic E-state index is 11.2. The van der Waals surface area contributed by atoms with Crippen molar-refractivity contribution in [3.05, 3.63) is 28.8 Å². The van der Waals surface area contributed by atoms with Crippen LogP contribution in [0.5, 0.6) is 5.75 Å². The Kier molecular flexibility index (Phi) is 5.64. The van der Waals surface area contributed by atoms with Crippen LogP contribution in [0.15, 0.2) is 18.2 Å². The third-order valence-electron chi connectivity index (χ3n) is 2.98. The average molecular weight is 306 g/mol. The first-order chi connectivity index (χ1) is 8.69. The Bertz CT molecular complexity index is 529. The summed E-state index contributed by atoms with van der Waals surface area (Å²) in [4.78, 5) is 0. The zero-order valence-electron chi connectivity index (χ0n) is 11.4. The summed E-state index contributed by atoms with van der Waals surface area (Å²) < 4.78 is 28.0. The molecular weight excluding hydrogens is 286 g/mol. The zero-order valence-corrected chi connectivity index (χ0v) is 13.0. The molecule has 1 rings (SSSR count). The van der Waals surface area contributed by atoms with Crippen LogP contribution in [-0.4, -0.2) is 20.8 Å². The van der Waals surface area contributed by atoms with Crippen LogP contribution in [0.2, 0.25) is 5.02 Å². The summed E-state index contributed by atoms with van der Waals surface area (Å²) in [5.41, 5.74) is 0.922. The molecular formula is C13H20ClNO3S. The summed E-state index contributed by atoms with van der Waals surface area (Å²) >= 11 is 5.87. The van der Waals surface area contributed by atoms with Gasteiger partial charge in [-0.15, -0.1) is 0 Å². The van der Waals surface area contributed by atoms with Crippen molar-refractivity contribution in [3.8, 4) is 5.75 Å². The van der Waals surface area contributed by atoms with Gasteiger partial charge in [0.25, 0.3) is 0 Å². The van der Waals surface area contributed by atoms with Gasteiger partial charge in [0.2, 0.25) is 10.0 Å². The Labute approximate surface area is 120 Å². The Morgan fingerprint density at radius 3 is 2.47 bits per heavy atom. The van der Waals surface area contributed by atoms with E-state index in [0.29, 0.717) is 17.4 Å². The second-order valence-electron chi connectivity index (χ2n) is 5.05. The molecule has 0 spiro atoms. The van der Waals surface area contributed by atoms with Crippen molar-refractivity contribution < 1.29 is 13.2 Å². The van der Waals surface area contributed by atoms with Crippen molar-refractivity contribution in [1.82, 2.24) is 0 Å². The number of halogens is 1. The second-order valence-corrected chi connectivity index (χ2v) is 7.15. The summed E-state index contributed by atoms with van der Waals surface area (Å²) in [6, 6.07) is 5.33. The van der Waals surface area contributed by atoms with E-state index in [2.05, 4.69) is 0 Å². The van der Waals surface area contributed by atoms with Crippen molar-refractivity contribution in [1.29, 1.82) is 0 Å². The van der Waals surface area contributed by atoms with Crippen LogP contribution >= 0.6 is 11.6 Å². The molecule has 0 bridgehead atoms. The SMILES string of the molecule is Cc1cc(Cl)ccc1OCC(CS(N)(=O)=O)C(C)C. The van der Waals surface area contributed by atoms with Crippen LogP contribution < -0.4 is 9.88 Å². The topological polar surface area (TPSA) is 69.4 Å². The standard InChI is InChI=1S/C13H20ClNO3S/c1-9(2)11(8-19(15,16)17)7-18-13-5-4-12(14)6-10(13)3/h4-6,9,11H,7-8H2,1-3H3,(H2,15,16,17). The molecule has 19 heavy (non-hydrogen) atoms. The highest BCUT2D eigenvalue weighted by molar-refractivity contribution is 7.89. The average Bonchev–Trinajstić information content (AvgIpc) is 2.24. The Morgan fingerprint density at radius 2 is 2.00 bits per heavy atom. The number of hydrogen-bond donors (Lipinski definition) is 1. The lowest BCUT2D eigenvalue weighted by Gasteiger charge is -2.20. The number of aryl methyl sites for hydroxylation is 1. The molecule has 0 saturated heterocycles. The van der Waals surface area contributed by atoms with Gasteiger partial charge in [-0.2, -0.15) is 0 Å². The van der Waals surface area contributed by atoms with E-state index >= 15 is 0 Å². The second kappa shape index (κ2) is 6.59. The molecule has 1 atom stereocenters. The van der Waals surface area contributed by atoms with Crippen LogP contribution in [0, 0.1) is 18.8 Å². The van der Waals surface area contributed by atoms with Crippen LogP contribution in [0.25, 0.3) is 0 Å². The molecule has 0 aliphatic carbocycles. The van der Waals surface area contributed by atoms with Crippen LogP contribution in [0.1, 0.15) is 19.4 Å². The predicted octanol–water partition coefficient (Wildman–Crippen LogP) is 2.59. The van der Waals surface area contributed by atoms with Gasteiger partial charge in [-0.1, -0.05) is 25.4 Å². The van der Waals surface area contributed by atoms with Crippen molar-refractivity contribution in [2.45, 2.75) is 20.8 Å². The third-order valence-corrected chi connectivity index (χ3v) is 4.11. The molecule has 0 amide bonds. The molecule has 108 valence electrons. The molecule has 0 aromatic heterocycles. The number of rotatable bonds is 6. The summed E-state index contributed by atoms with van der Waals surface area (Å²) in [5, 5.41) is 5.74. The lowest BCUT2D eigenvalue weighted by Crippen LogP contribution is -2.30. The number of sulfonamides is 1. The van der Waals surface area contributed by atoms with Crippen molar-refractivity contribution >= 4 is 21.6 Å². The number of ether oxygens (including phenoxy) is 1. The molecule has 0 fully saturated rings. The maximum absolute atomic E-state index is 11.2. The van der Waals surface area contributed by atoms with E-state index in [1.54, 1.807) is 18.2 Å². The smallest absolute Gasteiger partial charge is 0.209 e. The Morgan fingerprint density at radius 1 is 1.37 bits per heavy atom. The third kappa shape index (κ3) is 5.80. The van der Waals surface area contributed by atoms with Gasteiger partial charge in [0.05, 0.1) is 12.4 Å². The fraction of sp³-hybridized carbons (Fsp3) is 0.538. The maximum Gasteiger partial charge on any atom is 0.209 e. The highest BCUT2D eigenvalue weighted by Gasteiger charge is 2.20. The molecule has 6 heteroatoms. The van der Waals surface area contributed by atoms with E-state index in [1.165, 1.54) is 0 Å². The minimum Gasteiger partial charge on any atom is -0.493 e. The van der Waals surface area contributed by atoms with Crippen molar-refractivity contribution in [3.63, 3.8) is 0 Å². The minimum atomic E-state index is -3.49. The molecule has 4 nitrogen and oxygen atoms in total. The first-order valence-corrected chi connectivity index (χ1v) is 8.18. The Balaban J connectivity index is 2.71. The fourth-order valence-electron chi connectivity index (χ4n) is 1.70. The van der Waals surface area contributed by atoms with Gasteiger partial charge in [-0.25, -0.2) is 13.6 Å². The molecule has 0 radical (unpaired) electrons. The highest BCUT2D eigenvalue weighted by Crippen LogP contribution is 2.23. The van der Waals surface area contributed by atoms with E-state index < -0.39 is 10.0 Å². The van der Waals surface area contributed by atoms with Gasteiger partial charge in [0.15, 0.2) is 0 Å². The number of hydrogen-bond acceptors (Lipinski definition) is 3. The van der Waals surface area contributed by atoms with Crippen molar-refractivity contribution in [2.24, 2.45) is 17.0 Å². The minimum absolute atomic E-state index is 0.0721. The van der Waals surface area contributed by atoms with Crippen LogP contribution in [0.4, 0.5) is 0 Å². The molecule has 1 unspecified atom stereocenters. The first-order valence-electron chi connectivity index (χ1n) is 6.08. The quantitative estimate of drug-likeness (QED) is 0.878. The molecule has 1 aromatic rings. The van der Waals surface area contributed by atoms with Gasteiger partial charge < -0.3 is 4.74 Å². The van der Waals surface area contributed by atoms with Gasteiger partial charge in [-0.3, -0.25) is 0 Å². The molecule has 1 aromatic carbocycles. The fourth-order valence-corrected chi connectivity index (χ4v) is 3.01.